The predicted octanol–water partition coefficient (Wildman–Crippen LogP) is 3.79. The third kappa shape index (κ3) is 4.45. The van der Waals surface area contributed by atoms with Gasteiger partial charge in [-0.25, -0.2) is 4.79 Å². The second-order valence-corrected chi connectivity index (χ2v) is 6.39. The predicted molar refractivity (Wildman–Crippen MR) is 102 cm³/mol. The molecule has 0 unspecified atom stereocenters. The number of nitrogens with one attached hydrogen (secondary N) is 2. The Hall–Kier alpha value is -1.67. The summed E-state index contributed by atoms with van der Waals surface area (Å²) in [5, 5.41) is 9.46. The molecule has 5 nitrogen and oxygen atoms in total. The molecule has 0 fully saturated rings. The lowest BCUT2D eigenvalue weighted by molar-refractivity contribution is 0.0603. The van der Waals surface area contributed by atoms with Crippen LogP contribution in [0.15, 0.2) is 29.6 Å². The monoisotopic (exact) mass is 384 g/mol. The van der Waals surface area contributed by atoms with Gasteiger partial charge < -0.3 is 20.1 Å². The fourth-order valence-corrected chi connectivity index (χ4v) is 3.51. The Morgan fingerprint density at radius 1 is 1.29 bits per heavy atom. The molecule has 0 atom stereocenters. The lowest BCUT2D eigenvalue weighted by Crippen LogP contribution is -2.31. The fourth-order valence-electron chi connectivity index (χ4n) is 2.05. The summed E-state index contributed by atoms with van der Waals surface area (Å²) in [6, 6.07) is 7.34. The Bertz CT molecular complexity index is 734. The number of methoxy groups -OCH3 is 2. The molecule has 0 amide bonds. The summed E-state index contributed by atoms with van der Waals surface area (Å²) in [6.45, 7) is 1.10. The van der Waals surface area contributed by atoms with E-state index in [1.54, 1.807) is 13.2 Å². The average molecular weight is 385 g/mol. The second kappa shape index (κ2) is 8.98. The first kappa shape index (κ1) is 18.7. The molecule has 24 heavy (non-hydrogen) atoms. The summed E-state index contributed by atoms with van der Waals surface area (Å²) in [5.74, 6) is -0.451. The average Bonchev–Trinajstić information content (AvgIpc) is 2.98. The lowest BCUT2D eigenvalue weighted by atomic mass is 10.0. The highest BCUT2D eigenvalue weighted by Crippen LogP contribution is 2.38. The van der Waals surface area contributed by atoms with Gasteiger partial charge in [-0.1, -0.05) is 29.8 Å². The summed E-state index contributed by atoms with van der Waals surface area (Å²) in [7, 11) is 2.96. The molecular formula is C16H17ClN2O3S2. The van der Waals surface area contributed by atoms with Crippen LogP contribution < -0.4 is 10.6 Å². The SMILES string of the molecule is COCCNC(=S)Nc1scc(-c2ccccc2Cl)c1C(=O)OC. The minimum atomic E-state index is -0.451. The minimum absolute atomic E-state index is 0.407. The summed E-state index contributed by atoms with van der Waals surface area (Å²) in [5.41, 5.74) is 1.88. The lowest BCUT2D eigenvalue weighted by Gasteiger charge is -2.11. The maximum Gasteiger partial charge on any atom is 0.341 e. The number of hydrogen-bond acceptors (Lipinski definition) is 5. The van der Waals surface area contributed by atoms with Gasteiger partial charge in [-0.05, 0) is 18.3 Å². The maximum atomic E-state index is 12.3. The molecule has 0 spiro atoms. The Morgan fingerprint density at radius 3 is 2.71 bits per heavy atom. The number of carbonyl (C=O) groups is 1. The van der Waals surface area contributed by atoms with E-state index in [9.17, 15) is 4.79 Å². The quantitative estimate of drug-likeness (QED) is 0.449. The molecule has 2 rings (SSSR count). The van der Waals surface area contributed by atoms with Crippen LogP contribution in [0.5, 0.6) is 0 Å². The fraction of sp³-hybridized carbons (Fsp3) is 0.250. The van der Waals surface area contributed by atoms with Crippen molar-refractivity contribution in [1.82, 2.24) is 5.32 Å². The zero-order chi connectivity index (χ0) is 17.5. The summed E-state index contributed by atoms with van der Waals surface area (Å²) >= 11 is 12.9. The van der Waals surface area contributed by atoms with Crippen LogP contribution in [0.2, 0.25) is 5.02 Å². The van der Waals surface area contributed by atoms with Gasteiger partial charge in [0, 0.05) is 35.2 Å². The number of hydrogen-bond donors (Lipinski definition) is 2. The van der Waals surface area contributed by atoms with Gasteiger partial charge in [0.15, 0.2) is 5.11 Å². The molecule has 0 saturated carbocycles. The summed E-state index contributed by atoms with van der Waals surface area (Å²) in [6.07, 6.45) is 0. The smallest absolute Gasteiger partial charge is 0.341 e. The molecule has 0 aliphatic heterocycles. The number of rotatable bonds is 6. The number of halogens is 1. The van der Waals surface area contributed by atoms with Crippen molar-refractivity contribution >= 4 is 51.2 Å². The normalized spacial score (nSPS) is 10.3. The Morgan fingerprint density at radius 2 is 2.04 bits per heavy atom. The molecule has 1 aromatic heterocycles. The van der Waals surface area contributed by atoms with Crippen molar-refractivity contribution in [3.63, 3.8) is 0 Å². The molecule has 1 aromatic carbocycles. The number of thiophene rings is 1. The van der Waals surface area contributed by atoms with E-state index in [2.05, 4.69) is 10.6 Å². The molecule has 1 heterocycles. The van der Waals surface area contributed by atoms with Crippen molar-refractivity contribution in [2.24, 2.45) is 0 Å². The van der Waals surface area contributed by atoms with Crippen LogP contribution in [0, 0.1) is 0 Å². The highest BCUT2D eigenvalue weighted by Gasteiger charge is 2.22. The highest BCUT2D eigenvalue weighted by atomic mass is 35.5. The first-order valence-electron chi connectivity index (χ1n) is 7.07. The van der Waals surface area contributed by atoms with Gasteiger partial charge in [-0.2, -0.15) is 0 Å². The largest absolute Gasteiger partial charge is 0.465 e. The first-order chi connectivity index (χ1) is 11.6. The first-order valence-corrected chi connectivity index (χ1v) is 8.73. The van der Waals surface area contributed by atoms with E-state index in [1.807, 2.05) is 23.6 Å². The number of carbonyl (C=O) groups excluding carboxylic acids is 1. The van der Waals surface area contributed by atoms with Gasteiger partial charge in [0.05, 0.1) is 13.7 Å². The van der Waals surface area contributed by atoms with E-state index in [1.165, 1.54) is 18.4 Å². The molecule has 0 aliphatic carbocycles. The number of ether oxygens (including phenoxy) is 2. The van der Waals surface area contributed by atoms with Crippen LogP contribution in [0.1, 0.15) is 10.4 Å². The van der Waals surface area contributed by atoms with E-state index < -0.39 is 5.97 Å². The van der Waals surface area contributed by atoms with Crippen LogP contribution in [-0.2, 0) is 9.47 Å². The van der Waals surface area contributed by atoms with Crippen LogP contribution in [0.3, 0.4) is 0 Å². The number of anilines is 1. The zero-order valence-corrected chi connectivity index (χ0v) is 15.6. The Labute approximate surface area is 154 Å². The van der Waals surface area contributed by atoms with E-state index in [0.29, 0.717) is 39.4 Å². The standard InChI is InChI=1S/C16H17ClN2O3S2/c1-21-8-7-18-16(23)19-14-13(15(20)22-2)11(9-24-14)10-5-3-4-6-12(10)17/h3-6,9H,7-8H2,1-2H3,(H2,18,19,23). The third-order valence-corrected chi connectivity index (χ3v) is 4.63. The summed E-state index contributed by atoms with van der Waals surface area (Å²) in [4.78, 5) is 12.3. The minimum Gasteiger partial charge on any atom is -0.465 e. The van der Waals surface area contributed by atoms with Gasteiger partial charge in [0.2, 0.25) is 0 Å². The van der Waals surface area contributed by atoms with Crippen LogP contribution in [-0.4, -0.2) is 38.5 Å². The Kier molecular flexibility index (Phi) is 6.99. The molecular weight excluding hydrogens is 368 g/mol. The van der Waals surface area contributed by atoms with E-state index in [4.69, 9.17) is 33.3 Å². The number of esters is 1. The molecule has 8 heteroatoms. The molecule has 0 radical (unpaired) electrons. The molecule has 0 saturated heterocycles. The van der Waals surface area contributed by atoms with Gasteiger partial charge in [0.1, 0.15) is 10.6 Å². The van der Waals surface area contributed by atoms with Gasteiger partial charge in [0.25, 0.3) is 0 Å². The van der Waals surface area contributed by atoms with Crippen molar-refractivity contribution in [1.29, 1.82) is 0 Å². The van der Waals surface area contributed by atoms with Crippen molar-refractivity contribution in [3.05, 3.63) is 40.2 Å². The number of thiocarbonyl (C=S) groups is 1. The van der Waals surface area contributed by atoms with Crippen molar-refractivity contribution in [3.8, 4) is 11.1 Å². The van der Waals surface area contributed by atoms with Gasteiger partial charge in [-0.3, -0.25) is 0 Å². The number of benzene rings is 1. The van der Waals surface area contributed by atoms with Crippen LogP contribution in [0.25, 0.3) is 11.1 Å². The molecule has 2 aromatic rings. The van der Waals surface area contributed by atoms with Gasteiger partial charge in [-0.15, -0.1) is 11.3 Å². The third-order valence-electron chi connectivity index (χ3n) is 3.16. The molecule has 2 N–H and O–H groups in total. The zero-order valence-electron chi connectivity index (χ0n) is 13.2. The van der Waals surface area contributed by atoms with E-state index >= 15 is 0 Å². The molecule has 0 bridgehead atoms. The van der Waals surface area contributed by atoms with Crippen LogP contribution in [0.4, 0.5) is 5.00 Å². The molecule has 0 aliphatic rings. The van der Waals surface area contributed by atoms with Gasteiger partial charge >= 0.3 is 5.97 Å². The van der Waals surface area contributed by atoms with Crippen LogP contribution >= 0.6 is 35.2 Å². The topological polar surface area (TPSA) is 59.6 Å². The highest BCUT2D eigenvalue weighted by molar-refractivity contribution is 7.80. The maximum absolute atomic E-state index is 12.3. The van der Waals surface area contributed by atoms with E-state index in [-0.39, 0.29) is 0 Å². The molecule has 128 valence electrons. The Balaban J connectivity index is 2.31. The van der Waals surface area contributed by atoms with Crippen molar-refractivity contribution in [2.45, 2.75) is 0 Å². The second-order valence-electron chi connectivity index (χ2n) is 4.70. The van der Waals surface area contributed by atoms with E-state index in [0.717, 1.165) is 5.56 Å². The summed E-state index contributed by atoms with van der Waals surface area (Å²) < 4.78 is 9.88. The van der Waals surface area contributed by atoms with Crippen molar-refractivity contribution in [2.75, 3.05) is 32.7 Å². The van der Waals surface area contributed by atoms with Crippen molar-refractivity contribution < 1.29 is 14.3 Å².